The van der Waals surface area contributed by atoms with E-state index in [0.717, 1.165) is 12.4 Å². The molecular weight excluding hydrogens is 194 g/mol. The molecule has 5 nitrogen and oxygen atoms in total. The highest BCUT2D eigenvalue weighted by Gasteiger charge is 2.01. The average Bonchev–Trinajstić information content (AvgIpc) is 2.26. The third kappa shape index (κ3) is 3.63. The van der Waals surface area contributed by atoms with E-state index in [1.54, 1.807) is 13.2 Å². The zero-order chi connectivity index (χ0) is 11.1. The van der Waals surface area contributed by atoms with Gasteiger partial charge in [-0.3, -0.25) is 0 Å². The van der Waals surface area contributed by atoms with Crippen molar-refractivity contribution >= 4 is 11.5 Å². The number of pyridine rings is 1. The van der Waals surface area contributed by atoms with Gasteiger partial charge in [0.05, 0.1) is 19.4 Å². The largest absolute Gasteiger partial charge is 0.479 e. The number of hydrogen-bond acceptors (Lipinski definition) is 5. The van der Waals surface area contributed by atoms with Crippen molar-refractivity contribution in [2.24, 2.45) is 0 Å². The van der Waals surface area contributed by atoms with E-state index in [1.165, 1.54) is 0 Å². The molecule has 1 aromatic rings. The normalized spacial score (nSPS) is 10.0. The molecule has 0 amide bonds. The molecule has 0 aliphatic heterocycles. The number of nitrogens with one attached hydrogen (secondary N) is 1. The molecule has 0 saturated carbocycles. The van der Waals surface area contributed by atoms with Gasteiger partial charge in [0.25, 0.3) is 0 Å². The molecule has 5 heteroatoms. The standard InChI is InChI=1S/C10H17N3O2/c1-3-15-7-6-12-9-5-4-8(11)10(13-9)14-2/h4-5H,3,6-7,11H2,1-2H3,(H,12,13). The van der Waals surface area contributed by atoms with Gasteiger partial charge in [0.15, 0.2) is 0 Å². The Hall–Kier alpha value is -1.49. The summed E-state index contributed by atoms with van der Waals surface area (Å²) in [5.74, 6) is 1.18. The Labute approximate surface area is 89.6 Å². The first kappa shape index (κ1) is 11.6. The quantitative estimate of drug-likeness (QED) is 0.690. The van der Waals surface area contributed by atoms with E-state index >= 15 is 0 Å². The zero-order valence-corrected chi connectivity index (χ0v) is 9.12. The van der Waals surface area contributed by atoms with Gasteiger partial charge < -0.3 is 20.5 Å². The average molecular weight is 211 g/mol. The fourth-order valence-electron chi connectivity index (χ4n) is 1.11. The number of rotatable bonds is 6. The number of ether oxygens (including phenoxy) is 2. The summed E-state index contributed by atoms with van der Waals surface area (Å²) in [5.41, 5.74) is 6.17. The molecule has 3 N–H and O–H groups in total. The zero-order valence-electron chi connectivity index (χ0n) is 9.12. The number of methoxy groups -OCH3 is 1. The van der Waals surface area contributed by atoms with Gasteiger partial charge in [-0.15, -0.1) is 0 Å². The number of nitrogens with two attached hydrogens (primary N) is 1. The predicted molar refractivity (Wildman–Crippen MR) is 60.2 cm³/mol. The second-order valence-corrected chi connectivity index (χ2v) is 2.92. The molecule has 84 valence electrons. The number of nitrogens with zero attached hydrogens (tertiary/aromatic N) is 1. The molecule has 0 fully saturated rings. The maximum absolute atomic E-state index is 5.64. The molecule has 0 atom stereocenters. The molecule has 0 aliphatic rings. The summed E-state index contributed by atoms with van der Waals surface area (Å²) in [6, 6.07) is 3.57. The SMILES string of the molecule is CCOCCNc1ccc(N)c(OC)n1. The van der Waals surface area contributed by atoms with Gasteiger partial charge >= 0.3 is 0 Å². The topological polar surface area (TPSA) is 69.4 Å². The van der Waals surface area contributed by atoms with Crippen LogP contribution in [0.25, 0.3) is 0 Å². The summed E-state index contributed by atoms with van der Waals surface area (Å²) in [4.78, 5) is 4.17. The number of hydrogen-bond donors (Lipinski definition) is 2. The maximum Gasteiger partial charge on any atom is 0.238 e. The van der Waals surface area contributed by atoms with Crippen LogP contribution in [-0.2, 0) is 4.74 Å². The van der Waals surface area contributed by atoms with Crippen molar-refractivity contribution in [1.29, 1.82) is 0 Å². The molecule has 1 heterocycles. The van der Waals surface area contributed by atoms with E-state index in [-0.39, 0.29) is 0 Å². The third-order valence-corrected chi connectivity index (χ3v) is 1.84. The lowest BCUT2D eigenvalue weighted by Crippen LogP contribution is -2.10. The predicted octanol–water partition coefficient (Wildman–Crippen LogP) is 1.12. The van der Waals surface area contributed by atoms with Crippen LogP contribution >= 0.6 is 0 Å². The van der Waals surface area contributed by atoms with E-state index in [1.807, 2.05) is 13.0 Å². The summed E-state index contributed by atoms with van der Waals surface area (Å²) in [6.07, 6.45) is 0. The van der Waals surface area contributed by atoms with Crippen LogP contribution in [0, 0.1) is 0 Å². The van der Waals surface area contributed by atoms with Crippen LogP contribution in [-0.4, -0.2) is 31.9 Å². The molecule has 0 aliphatic carbocycles. The minimum atomic E-state index is 0.441. The first-order chi connectivity index (χ1) is 7.27. The van der Waals surface area contributed by atoms with Crippen LogP contribution in [0.2, 0.25) is 0 Å². The second kappa shape index (κ2) is 6.08. The Morgan fingerprint density at radius 3 is 2.93 bits per heavy atom. The summed E-state index contributed by atoms with van der Waals surface area (Å²) < 4.78 is 10.2. The fraction of sp³-hybridized carbons (Fsp3) is 0.500. The van der Waals surface area contributed by atoms with Gasteiger partial charge in [-0.05, 0) is 19.1 Å². The van der Waals surface area contributed by atoms with Crippen molar-refractivity contribution in [2.45, 2.75) is 6.92 Å². The van der Waals surface area contributed by atoms with Crippen LogP contribution in [0.15, 0.2) is 12.1 Å². The Balaban J connectivity index is 2.47. The van der Waals surface area contributed by atoms with Crippen molar-refractivity contribution < 1.29 is 9.47 Å². The molecule has 0 aromatic carbocycles. The highest BCUT2D eigenvalue weighted by molar-refractivity contribution is 5.53. The Bertz CT molecular complexity index is 305. The maximum atomic E-state index is 5.64. The van der Waals surface area contributed by atoms with E-state index in [0.29, 0.717) is 24.7 Å². The molecule has 0 spiro atoms. The Morgan fingerprint density at radius 1 is 1.47 bits per heavy atom. The first-order valence-corrected chi connectivity index (χ1v) is 4.90. The van der Waals surface area contributed by atoms with Gasteiger partial charge in [0.2, 0.25) is 5.88 Å². The second-order valence-electron chi connectivity index (χ2n) is 2.92. The molecule has 0 saturated heterocycles. The van der Waals surface area contributed by atoms with Gasteiger partial charge in [-0.2, -0.15) is 4.98 Å². The van der Waals surface area contributed by atoms with E-state index in [4.69, 9.17) is 15.2 Å². The highest BCUT2D eigenvalue weighted by Crippen LogP contribution is 2.19. The van der Waals surface area contributed by atoms with Crippen molar-refractivity contribution in [3.05, 3.63) is 12.1 Å². The molecule has 1 aromatic heterocycles. The minimum Gasteiger partial charge on any atom is -0.479 e. The Morgan fingerprint density at radius 2 is 2.27 bits per heavy atom. The summed E-state index contributed by atoms with van der Waals surface area (Å²) in [5, 5.41) is 3.11. The number of nitrogen functional groups attached to an aromatic ring is 1. The summed E-state index contributed by atoms with van der Waals surface area (Å²) in [6.45, 7) is 4.06. The van der Waals surface area contributed by atoms with Crippen molar-refractivity contribution in [1.82, 2.24) is 4.98 Å². The van der Waals surface area contributed by atoms with Crippen LogP contribution in [0.4, 0.5) is 11.5 Å². The van der Waals surface area contributed by atoms with Crippen molar-refractivity contribution in [3.63, 3.8) is 0 Å². The number of aromatic nitrogens is 1. The molecule has 0 unspecified atom stereocenters. The van der Waals surface area contributed by atoms with Crippen LogP contribution in [0.1, 0.15) is 6.92 Å². The molecule has 0 bridgehead atoms. The van der Waals surface area contributed by atoms with Crippen molar-refractivity contribution in [3.8, 4) is 5.88 Å². The monoisotopic (exact) mass is 211 g/mol. The van der Waals surface area contributed by atoms with Gasteiger partial charge in [0.1, 0.15) is 5.82 Å². The van der Waals surface area contributed by atoms with E-state index in [9.17, 15) is 0 Å². The number of anilines is 2. The lowest BCUT2D eigenvalue weighted by Gasteiger charge is -2.08. The summed E-state index contributed by atoms with van der Waals surface area (Å²) >= 11 is 0. The third-order valence-electron chi connectivity index (χ3n) is 1.84. The van der Waals surface area contributed by atoms with Crippen molar-refractivity contribution in [2.75, 3.05) is 37.9 Å². The fourth-order valence-corrected chi connectivity index (χ4v) is 1.11. The van der Waals surface area contributed by atoms with Gasteiger partial charge in [-0.25, -0.2) is 0 Å². The van der Waals surface area contributed by atoms with Crippen LogP contribution in [0.5, 0.6) is 5.88 Å². The minimum absolute atomic E-state index is 0.441. The smallest absolute Gasteiger partial charge is 0.238 e. The van der Waals surface area contributed by atoms with Gasteiger partial charge in [0, 0.05) is 13.2 Å². The van der Waals surface area contributed by atoms with E-state index in [2.05, 4.69) is 10.3 Å². The molecule has 15 heavy (non-hydrogen) atoms. The molecular formula is C10H17N3O2. The van der Waals surface area contributed by atoms with Gasteiger partial charge in [-0.1, -0.05) is 0 Å². The molecule has 0 radical (unpaired) electrons. The lowest BCUT2D eigenvalue weighted by molar-refractivity contribution is 0.158. The summed E-state index contributed by atoms with van der Waals surface area (Å²) in [7, 11) is 1.54. The highest BCUT2D eigenvalue weighted by atomic mass is 16.5. The van der Waals surface area contributed by atoms with Crippen LogP contribution in [0.3, 0.4) is 0 Å². The first-order valence-electron chi connectivity index (χ1n) is 4.90. The van der Waals surface area contributed by atoms with E-state index < -0.39 is 0 Å². The van der Waals surface area contributed by atoms with Crippen LogP contribution < -0.4 is 15.8 Å². The lowest BCUT2D eigenvalue weighted by atomic mass is 10.4. The Kier molecular flexibility index (Phi) is 4.70. The molecule has 1 rings (SSSR count).